The molecular formula is C13H6Cl3N4O. The van der Waals surface area contributed by atoms with Crippen molar-refractivity contribution in [1.29, 1.82) is 0 Å². The van der Waals surface area contributed by atoms with E-state index in [1.165, 1.54) is 6.20 Å². The van der Waals surface area contributed by atoms with Crippen LogP contribution in [0.4, 0.5) is 4.79 Å². The summed E-state index contributed by atoms with van der Waals surface area (Å²) in [5.41, 5.74) is 6.43. The van der Waals surface area contributed by atoms with E-state index in [4.69, 9.17) is 40.5 Å². The first kappa shape index (κ1) is 14.1. The van der Waals surface area contributed by atoms with Crippen LogP contribution in [0.3, 0.4) is 0 Å². The molecule has 0 atom stereocenters. The largest absolute Gasteiger partial charge is 0.351 e. The van der Waals surface area contributed by atoms with E-state index in [0.717, 1.165) is 4.57 Å². The molecule has 105 valence electrons. The molecule has 0 aliphatic carbocycles. The average Bonchev–Trinajstić information content (AvgIpc) is 2.79. The molecule has 0 aliphatic rings. The van der Waals surface area contributed by atoms with Crippen molar-refractivity contribution in [2.45, 2.75) is 0 Å². The molecule has 0 fully saturated rings. The number of nitrogens with two attached hydrogens (primary N) is 1. The van der Waals surface area contributed by atoms with Crippen LogP contribution in [0.2, 0.25) is 15.1 Å². The van der Waals surface area contributed by atoms with Gasteiger partial charge in [0.05, 0.1) is 20.6 Å². The monoisotopic (exact) mass is 339 g/mol. The van der Waals surface area contributed by atoms with E-state index in [2.05, 4.69) is 16.2 Å². The molecule has 3 aromatic rings. The van der Waals surface area contributed by atoms with Crippen molar-refractivity contribution in [3.05, 3.63) is 45.7 Å². The lowest BCUT2D eigenvalue weighted by atomic mass is 10.2. The minimum absolute atomic E-state index is 0.194. The summed E-state index contributed by atoms with van der Waals surface area (Å²) in [6.07, 6.45) is 4.01. The molecule has 3 rings (SSSR count). The van der Waals surface area contributed by atoms with E-state index in [-0.39, 0.29) is 10.8 Å². The summed E-state index contributed by atoms with van der Waals surface area (Å²) in [6.45, 7) is 0. The van der Waals surface area contributed by atoms with Crippen molar-refractivity contribution in [3.8, 4) is 11.4 Å². The third-order valence-corrected chi connectivity index (χ3v) is 3.77. The van der Waals surface area contributed by atoms with E-state index in [0.29, 0.717) is 26.6 Å². The number of nitrogens with zero attached hydrogens (tertiary/aromatic N) is 3. The minimum Gasteiger partial charge on any atom is -0.351 e. The van der Waals surface area contributed by atoms with Gasteiger partial charge in [0.2, 0.25) is 0 Å². The fraction of sp³-hybridized carbons (Fsp3) is 0. The van der Waals surface area contributed by atoms with Crippen molar-refractivity contribution in [2.24, 2.45) is 5.73 Å². The Morgan fingerprint density at radius 3 is 2.48 bits per heavy atom. The van der Waals surface area contributed by atoms with Gasteiger partial charge in [0, 0.05) is 6.20 Å². The Balaban J connectivity index is 2.46. The van der Waals surface area contributed by atoms with E-state index < -0.39 is 6.03 Å². The Morgan fingerprint density at radius 1 is 1.19 bits per heavy atom. The number of aromatic nitrogens is 3. The van der Waals surface area contributed by atoms with Gasteiger partial charge in [-0.1, -0.05) is 40.9 Å². The summed E-state index contributed by atoms with van der Waals surface area (Å²) >= 11 is 18.4. The molecule has 2 aromatic heterocycles. The Bertz CT molecular complexity index is 855. The van der Waals surface area contributed by atoms with Gasteiger partial charge in [0.1, 0.15) is 17.2 Å². The molecule has 0 spiro atoms. The highest BCUT2D eigenvalue weighted by molar-refractivity contribution is 6.39. The maximum absolute atomic E-state index is 11.8. The number of hydrogen-bond acceptors (Lipinski definition) is 3. The second-order valence-corrected chi connectivity index (χ2v) is 5.34. The molecule has 0 saturated heterocycles. The Labute approximate surface area is 134 Å². The maximum Gasteiger partial charge on any atom is 0.325 e. The van der Waals surface area contributed by atoms with Crippen molar-refractivity contribution in [2.75, 3.05) is 0 Å². The van der Waals surface area contributed by atoms with Gasteiger partial charge in [-0.25, -0.2) is 14.3 Å². The molecule has 8 heteroatoms. The smallest absolute Gasteiger partial charge is 0.325 e. The Hall–Kier alpha value is -1.82. The molecule has 0 aliphatic heterocycles. The summed E-state index contributed by atoms with van der Waals surface area (Å²) in [7, 11) is 0. The fourth-order valence-corrected chi connectivity index (χ4v) is 2.81. The number of imidazole rings is 1. The molecular weight excluding hydrogens is 335 g/mol. The van der Waals surface area contributed by atoms with Gasteiger partial charge in [0.25, 0.3) is 0 Å². The van der Waals surface area contributed by atoms with Gasteiger partial charge in [-0.3, -0.25) is 4.98 Å². The van der Waals surface area contributed by atoms with Crippen LogP contribution >= 0.6 is 34.8 Å². The summed E-state index contributed by atoms with van der Waals surface area (Å²) in [5.74, 6) is 0.194. The van der Waals surface area contributed by atoms with Gasteiger partial charge in [-0.15, -0.1) is 0 Å². The van der Waals surface area contributed by atoms with Crippen LogP contribution in [-0.2, 0) is 0 Å². The lowest BCUT2D eigenvalue weighted by Gasteiger charge is -2.08. The normalized spacial score (nSPS) is 11.0. The highest BCUT2D eigenvalue weighted by Crippen LogP contribution is 2.36. The predicted molar refractivity (Wildman–Crippen MR) is 81.8 cm³/mol. The molecule has 2 N–H and O–H groups in total. The van der Waals surface area contributed by atoms with Gasteiger partial charge >= 0.3 is 6.03 Å². The van der Waals surface area contributed by atoms with E-state index in [9.17, 15) is 4.79 Å². The SMILES string of the molecule is NC(=O)n1c(-c2c(Cl)cccc2Cl)nc2[c]ncc(Cl)c21. The average molecular weight is 341 g/mol. The molecule has 1 radical (unpaired) electrons. The van der Waals surface area contributed by atoms with Crippen LogP contribution in [0, 0.1) is 6.20 Å². The maximum atomic E-state index is 11.8. The van der Waals surface area contributed by atoms with E-state index >= 15 is 0 Å². The summed E-state index contributed by atoms with van der Waals surface area (Å²) < 4.78 is 1.14. The highest BCUT2D eigenvalue weighted by Gasteiger charge is 2.22. The third kappa shape index (κ3) is 2.23. The van der Waals surface area contributed by atoms with Crippen LogP contribution < -0.4 is 5.73 Å². The summed E-state index contributed by atoms with van der Waals surface area (Å²) in [6, 6.07) is 4.20. The minimum atomic E-state index is -0.759. The molecule has 0 bridgehead atoms. The number of pyridine rings is 1. The zero-order valence-electron chi connectivity index (χ0n) is 10.3. The molecule has 1 amide bonds. The number of amides is 1. The van der Waals surface area contributed by atoms with Crippen molar-refractivity contribution in [3.63, 3.8) is 0 Å². The highest BCUT2D eigenvalue weighted by atomic mass is 35.5. The fourth-order valence-electron chi connectivity index (χ4n) is 2.02. The zero-order chi connectivity index (χ0) is 15.1. The number of halogens is 3. The van der Waals surface area contributed by atoms with Gasteiger partial charge in [0.15, 0.2) is 5.82 Å². The Morgan fingerprint density at radius 2 is 1.86 bits per heavy atom. The summed E-state index contributed by atoms with van der Waals surface area (Å²) in [4.78, 5) is 19.9. The lowest BCUT2D eigenvalue weighted by Crippen LogP contribution is -2.20. The predicted octanol–water partition coefficient (Wildman–Crippen LogP) is 3.79. The topological polar surface area (TPSA) is 73.8 Å². The lowest BCUT2D eigenvalue weighted by molar-refractivity contribution is 0.251. The number of hydrogen-bond donors (Lipinski definition) is 1. The van der Waals surface area contributed by atoms with Crippen LogP contribution in [0.1, 0.15) is 0 Å². The third-order valence-electron chi connectivity index (χ3n) is 2.86. The number of carbonyl (C=O) groups is 1. The first-order chi connectivity index (χ1) is 10.0. The van der Waals surface area contributed by atoms with Crippen molar-refractivity contribution >= 4 is 51.9 Å². The molecule has 2 heterocycles. The van der Waals surface area contributed by atoms with Crippen LogP contribution in [0.15, 0.2) is 24.4 Å². The van der Waals surface area contributed by atoms with E-state index in [1.807, 2.05) is 0 Å². The van der Waals surface area contributed by atoms with Gasteiger partial charge in [-0.05, 0) is 12.1 Å². The first-order valence-electron chi connectivity index (χ1n) is 5.69. The molecule has 0 unspecified atom stereocenters. The first-order valence-corrected chi connectivity index (χ1v) is 6.83. The summed E-state index contributed by atoms with van der Waals surface area (Å²) in [5, 5.41) is 0.901. The Kier molecular flexibility index (Phi) is 3.49. The molecule has 0 saturated carbocycles. The van der Waals surface area contributed by atoms with E-state index in [1.54, 1.807) is 18.2 Å². The molecule has 5 nitrogen and oxygen atoms in total. The number of rotatable bonds is 1. The number of benzene rings is 1. The van der Waals surface area contributed by atoms with Crippen molar-refractivity contribution < 1.29 is 4.79 Å². The van der Waals surface area contributed by atoms with Crippen LogP contribution in [0.5, 0.6) is 0 Å². The number of primary amides is 1. The molecule has 1 aromatic carbocycles. The quantitative estimate of drug-likeness (QED) is 0.732. The number of fused-ring (bicyclic) bond motifs is 1. The van der Waals surface area contributed by atoms with Gasteiger partial charge < -0.3 is 5.73 Å². The van der Waals surface area contributed by atoms with Crippen LogP contribution in [-0.4, -0.2) is 20.6 Å². The molecule has 21 heavy (non-hydrogen) atoms. The van der Waals surface area contributed by atoms with Crippen molar-refractivity contribution in [1.82, 2.24) is 14.5 Å². The van der Waals surface area contributed by atoms with Crippen LogP contribution in [0.25, 0.3) is 22.4 Å². The standard InChI is InChI=1S/C13H6Cl3N4O/c14-6-2-1-3-7(15)10(6)12-19-9-5-18-4-8(16)11(9)20(12)13(17)21/h1-4H,(H2,17,21). The zero-order valence-corrected chi connectivity index (χ0v) is 12.5. The second-order valence-electron chi connectivity index (χ2n) is 4.12. The van der Waals surface area contributed by atoms with Gasteiger partial charge in [-0.2, -0.15) is 0 Å². The number of carbonyl (C=O) groups excluding carboxylic acids is 1. The second kappa shape index (κ2) is 5.18.